The summed E-state index contributed by atoms with van der Waals surface area (Å²) in [6.45, 7) is 4.44. The van der Waals surface area contributed by atoms with Crippen molar-refractivity contribution in [3.63, 3.8) is 0 Å². The van der Waals surface area contributed by atoms with Crippen molar-refractivity contribution in [2.24, 2.45) is 0 Å². The first-order chi connectivity index (χ1) is 10.7. The lowest BCUT2D eigenvalue weighted by atomic mass is 10.1. The molecule has 0 aromatic rings. The van der Waals surface area contributed by atoms with E-state index in [9.17, 15) is 10.2 Å². The van der Waals surface area contributed by atoms with Gasteiger partial charge >= 0.3 is 0 Å². The molecule has 134 valence electrons. The molecule has 0 aromatic heterocycles. The minimum absolute atomic E-state index is 0.550. The fourth-order valence-electron chi connectivity index (χ4n) is 2.80. The molecule has 0 aliphatic carbocycles. The average molecular weight is 316 g/mol. The number of rotatable bonds is 17. The van der Waals surface area contributed by atoms with Crippen LogP contribution in [0.25, 0.3) is 0 Å². The largest absolute Gasteiger partial charge is 0.379 e. The first-order valence-corrected chi connectivity index (χ1v) is 9.82. The second-order valence-corrected chi connectivity index (χ2v) is 6.66. The first kappa shape index (κ1) is 21.9. The molecule has 0 radical (unpaired) electrons. The molecule has 3 N–H and O–H groups in total. The van der Waals surface area contributed by atoms with Crippen LogP contribution in [0.1, 0.15) is 110 Å². The van der Waals surface area contributed by atoms with E-state index in [0.29, 0.717) is 0 Å². The zero-order chi connectivity index (χ0) is 16.5. The molecule has 0 saturated heterocycles. The minimum atomic E-state index is -0.551. The molecule has 0 saturated carbocycles. The van der Waals surface area contributed by atoms with Gasteiger partial charge in [-0.15, -0.1) is 0 Å². The fraction of sp³-hybridized carbons (Fsp3) is 1.00. The highest BCUT2D eigenvalue weighted by Crippen LogP contribution is 2.11. The number of hydrogen-bond acceptors (Lipinski definition) is 3. The Morgan fingerprint density at radius 3 is 1.27 bits per heavy atom. The van der Waals surface area contributed by atoms with E-state index in [2.05, 4.69) is 19.2 Å². The van der Waals surface area contributed by atoms with Gasteiger partial charge in [0.1, 0.15) is 12.5 Å². The lowest BCUT2D eigenvalue weighted by Crippen LogP contribution is -2.38. The van der Waals surface area contributed by atoms with Gasteiger partial charge in [0.25, 0.3) is 0 Å². The van der Waals surface area contributed by atoms with Gasteiger partial charge in [-0.05, 0) is 25.7 Å². The molecule has 0 aliphatic rings. The fourth-order valence-corrected chi connectivity index (χ4v) is 2.80. The van der Waals surface area contributed by atoms with E-state index in [1.807, 2.05) is 0 Å². The summed E-state index contributed by atoms with van der Waals surface area (Å²) in [5, 5.41) is 22.5. The van der Waals surface area contributed by atoms with Crippen molar-refractivity contribution in [2.45, 2.75) is 123 Å². The predicted octanol–water partition coefficient (Wildman–Crippen LogP) is 5.10. The van der Waals surface area contributed by atoms with Crippen LogP contribution in [-0.2, 0) is 0 Å². The zero-order valence-corrected chi connectivity index (χ0v) is 15.2. The minimum Gasteiger partial charge on any atom is -0.379 e. The Morgan fingerprint density at radius 2 is 0.864 bits per heavy atom. The van der Waals surface area contributed by atoms with E-state index < -0.39 is 12.5 Å². The molecule has 0 fully saturated rings. The molecular formula is C19H41NO2. The molecule has 3 nitrogen and oxygen atoms in total. The summed E-state index contributed by atoms with van der Waals surface area (Å²) < 4.78 is 0. The van der Waals surface area contributed by atoms with Gasteiger partial charge in [0.15, 0.2) is 0 Å². The standard InChI is InChI=1S/C19H41NO2/c1-3-5-7-9-10-11-12-13-15-17-19(22)20-18(21)16-14-8-6-4-2/h18-22H,3-17H2,1-2H3. The van der Waals surface area contributed by atoms with Gasteiger partial charge in [0.05, 0.1) is 0 Å². The molecule has 2 atom stereocenters. The summed E-state index contributed by atoms with van der Waals surface area (Å²) in [6.07, 6.45) is 16.7. The van der Waals surface area contributed by atoms with E-state index in [1.54, 1.807) is 0 Å². The number of hydrogen-bond donors (Lipinski definition) is 3. The Morgan fingerprint density at radius 1 is 0.545 bits per heavy atom. The molecule has 0 bridgehead atoms. The summed E-state index contributed by atoms with van der Waals surface area (Å²) in [5.74, 6) is 0. The van der Waals surface area contributed by atoms with Crippen LogP contribution in [0.3, 0.4) is 0 Å². The highest BCUT2D eigenvalue weighted by Gasteiger charge is 2.09. The second kappa shape index (κ2) is 17.2. The summed E-state index contributed by atoms with van der Waals surface area (Å²) in [5.41, 5.74) is 0. The van der Waals surface area contributed by atoms with Gasteiger partial charge in [-0.3, -0.25) is 5.32 Å². The summed E-state index contributed by atoms with van der Waals surface area (Å²) in [6, 6.07) is 0. The maximum absolute atomic E-state index is 9.85. The number of unbranched alkanes of at least 4 members (excludes halogenated alkanes) is 11. The van der Waals surface area contributed by atoms with Crippen molar-refractivity contribution in [2.75, 3.05) is 0 Å². The number of aliphatic hydroxyl groups is 2. The monoisotopic (exact) mass is 315 g/mol. The van der Waals surface area contributed by atoms with Crippen molar-refractivity contribution < 1.29 is 10.2 Å². The van der Waals surface area contributed by atoms with Crippen LogP contribution in [0.5, 0.6) is 0 Å². The molecular weight excluding hydrogens is 274 g/mol. The molecule has 0 rings (SSSR count). The van der Waals surface area contributed by atoms with Crippen molar-refractivity contribution in [3.05, 3.63) is 0 Å². The van der Waals surface area contributed by atoms with Crippen LogP contribution in [0.4, 0.5) is 0 Å². The van der Waals surface area contributed by atoms with Crippen LogP contribution < -0.4 is 5.32 Å². The Kier molecular flexibility index (Phi) is 17.1. The molecule has 22 heavy (non-hydrogen) atoms. The third kappa shape index (κ3) is 16.3. The lowest BCUT2D eigenvalue weighted by Gasteiger charge is -2.18. The van der Waals surface area contributed by atoms with Crippen molar-refractivity contribution in [3.8, 4) is 0 Å². The van der Waals surface area contributed by atoms with Gasteiger partial charge < -0.3 is 10.2 Å². The highest BCUT2D eigenvalue weighted by atomic mass is 16.3. The Bertz CT molecular complexity index is 212. The summed E-state index contributed by atoms with van der Waals surface area (Å²) >= 11 is 0. The Labute approximate surface area is 138 Å². The lowest BCUT2D eigenvalue weighted by molar-refractivity contribution is 0.0310. The van der Waals surface area contributed by atoms with Crippen LogP contribution in [0.2, 0.25) is 0 Å². The number of aliphatic hydroxyl groups excluding tert-OH is 2. The zero-order valence-electron chi connectivity index (χ0n) is 15.2. The van der Waals surface area contributed by atoms with E-state index >= 15 is 0 Å². The molecule has 0 aromatic carbocycles. The molecule has 0 aliphatic heterocycles. The molecule has 0 heterocycles. The van der Waals surface area contributed by atoms with Gasteiger partial charge in [-0.2, -0.15) is 0 Å². The predicted molar refractivity (Wildman–Crippen MR) is 95.8 cm³/mol. The van der Waals surface area contributed by atoms with Crippen molar-refractivity contribution >= 4 is 0 Å². The summed E-state index contributed by atoms with van der Waals surface area (Å²) in [4.78, 5) is 0. The third-order valence-corrected chi connectivity index (χ3v) is 4.30. The van der Waals surface area contributed by atoms with Crippen LogP contribution in [0.15, 0.2) is 0 Å². The van der Waals surface area contributed by atoms with Crippen molar-refractivity contribution in [1.82, 2.24) is 5.32 Å². The van der Waals surface area contributed by atoms with Crippen LogP contribution in [-0.4, -0.2) is 22.7 Å². The van der Waals surface area contributed by atoms with Gasteiger partial charge in [-0.25, -0.2) is 0 Å². The smallest absolute Gasteiger partial charge is 0.106 e. The Balaban J connectivity index is 3.29. The number of nitrogens with one attached hydrogen (secondary N) is 1. The van der Waals surface area contributed by atoms with E-state index in [0.717, 1.165) is 25.7 Å². The maximum atomic E-state index is 9.85. The second-order valence-electron chi connectivity index (χ2n) is 6.66. The quantitative estimate of drug-likeness (QED) is 0.258. The topological polar surface area (TPSA) is 52.5 Å². The highest BCUT2D eigenvalue weighted by molar-refractivity contribution is 4.59. The molecule has 0 amide bonds. The van der Waals surface area contributed by atoms with E-state index in [-0.39, 0.29) is 0 Å². The molecule has 2 unspecified atom stereocenters. The van der Waals surface area contributed by atoms with E-state index in [4.69, 9.17) is 0 Å². The van der Waals surface area contributed by atoms with Gasteiger partial charge in [-0.1, -0.05) is 84.5 Å². The van der Waals surface area contributed by atoms with Crippen LogP contribution >= 0.6 is 0 Å². The Hall–Kier alpha value is -0.120. The van der Waals surface area contributed by atoms with Crippen molar-refractivity contribution in [1.29, 1.82) is 0 Å². The maximum Gasteiger partial charge on any atom is 0.106 e. The third-order valence-electron chi connectivity index (χ3n) is 4.30. The first-order valence-electron chi connectivity index (χ1n) is 9.82. The van der Waals surface area contributed by atoms with Gasteiger partial charge in [0.2, 0.25) is 0 Å². The average Bonchev–Trinajstić information content (AvgIpc) is 2.50. The molecule has 3 heteroatoms. The molecule has 0 spiro atoms. The summed E-state index contributed by atoms with van der Waals surface area (Å²) in [7, 11) is 0. The van der Waals surface area contributed by atoms with Gasteiger partial charge in [0, 0.05) is 0 Å². The SMILES string of the molecule is CCCCCCCCCCCC(O)NC(O)CCCCCC. The van der Waals surface area contributed by atoms with E-state index in [1.165, 1.54) is 70.6 Å². The normalized spacial score (nSPS) is 14.2. The van der Waals surface area contributed by atoms with Crippen LogP contribution in [0, 0.1) is 0 Å².